The van der Waals surface area contributed by atoms with Crippen LogP contribution in [-0.4, -0.2) is 28.7 Å². The van der Waals surface area contributed by atoms with Crippen molar-refractivity contribution in [2.24, 2.45) is 7.05 Å². The Balaban J connectivity index is 1.75. The Hall–Kier alpha value is -3.14. The molecule has 4 rings (SSSR count). The summed E-state index contributed by atoms with van der Waals surface area (Å²) >= 11 is 1.41. The monoisotopic (exact) mass is 468 g/mol. The fraction of sp³-hybridized carbons (Fsp3) is 0.435. The number of H-pyrrole nitrogens is 1. The molecule has 1 aromatic carbocycles. The zero-order valence-corrected chi connectivity index (χ0v) is 19.9. The Morgan fingerprint density at radius 3 is 2.39 bits per heavy atom. The Labute approximate surface area is 194 Å². The molecule has 3 aromatic heterocycles. The normalized spacial score (nSPS) is 11.6. The van der Waals surface area contributed by atoms with Crippen molar-refractivity contribution in [3.8, 4) is 0 Å². The highest BCUT2D eigenvalue weighted by Gasteiger charge is 2.18. The molecule has 0 unspecified atom stereocenters. The third-order valence-electron chi connectivity index (χ3n) is 5.73. The summed E-state index contributed by atoms with van der Waals surface area (Å²) in [5.41, 5.74) is 0.487. The van der Waals surface area contributed by atoms with Crippen LogP contribution in [-0.2, 0) is 25.9 Å². The number of thioether (sulfide) groups is 1. The van der Waals surface area contributed by atoms with E-state index in [4.69, 9.17) is 4.98 Å². The lowest BCUT2D eigenvalue weighted by atomic mass is 10.2. The van der Waals surface area contributed by atoms with Crippen molar-refractivity contribution in [2.45, 2.75) is 63.5 Å². The van der Waals surface area contributed by atoms with E-state index in [2.05, 4.69) is 16.9 Å². The van der Waals surface area contributed by atoms with Crippen LogP contribution in [0.4, 0.5) is 0 Å². The minimum Gasteiger partial charge on any atom is -0.325 e. The summed E-state index contributed by atoms with van der Waals surface area (Å²) in [5.74, 6) is 1.05. The summed E-state index contributed by atoms with van der Waals surface area (Å²) in [5, 5.41) is 1.23. The molecule has 0 saturated carbocycles. The van der Waals surface area contributed by atoms with E-state index in [1.807, 2.05) is 25.1 Å². The molecule has 0 aliphatic rings. The lowest BCUT2D eigenvalue weighted by Gasteiger charge is -2.12. The molecule has 3 heterocycles. The second-order valence-corrected chi connectivity index (χ2v) is 8.98. The van der Waals surface area contributed by atoms with Crippen molar-refractivity contribution in [3.63, 3.8) is 0 Å². The Kier molecular flexibility index (Phi) is 6.83. The number of benzene rings is 1. The number of imidazole rings is 1. The van der Waals surface area contributed by atoms with Crippen LogP contribution < -0.4 is 16.8 Å². The molecule has 0 saturated heterocycles. The molecule has 174 valence electrons. The van der Waals surface area contributed by atoms with E-state index in [-0.39, 0.29) is 5.56 Å². The standard InChI is InChI=1S/C23H28N6O3S/c1-4-6-12-28-19-18(20(30)26-22(28)32)27(3)17(25-19)14-33-23-24-16-11-9-8-10-15(16)21(31)29(23)13-7-5-2/h8-11H,4-7,12-14H2,1-3H3,(H,26,30,32). The van der Waals surface area contributed by atoms with Gasteiger partial charge in [0.25, 0.3) is 11.1 Å². The van der Waals surface area contributed by atoms with Gasteiger partial charge in [-0.15, -0.1) is 0 Å². The number of nitrogens with one attached hydrogen (secondary N) is 1. The fourth-order valence-electron chi connectivity index (χ4n) is 3.84. The zero-order valence-electron chi connectivity index (χ0n) is 19.1. The van der Waals surface area contributed by atoms with Crippen molar-refractivity contribution in [3.05, 3.63) is 61.3 Å². The van der Waals surface area contributed by atoms with Crippen LogP contribution in [0.1, 0.15) is 45.4 Å². The summed E-state index contributed by atoms with van der Waals surface area (Å²) in [6, 6.07) is 7.35. The predicted octanol–water partition coefficient (Wildman–Crippen LogP) is 3.03. The van der Waals surface area contributed by atoms with Gasteiger partial charge in [-0.3, -0.25) is 23.7 Å². The fourth-order valence-corrected chi connectivity index (χ4v) is 4.85. The summed E-state index contributed by atoms with van der Waals surface area (Å²) in [4.78, 5) is 49.8. The van der Waals surface area contributed by atoms with Gasteiger partial charge in [-0.2, -0.15) is 0 Å². The third-order valence-corrected chi connectivity index (χ3v) is 6.71. The lowest BCUT2D eigenvalue weighted by Crippen LogP contribution is -2.31. The van der Waals surface area contributed by atoms with Crippen LogP contribution in [0.25, 0.3) is 22.1 Å². The predicted molar refractivity (Wildman–Crippen MR) is 131 cm³/mol. The van der Waals surface area contributed by atoms with Crippen LogP contribution in [0, 0.1) is 0 Å². The van der Waals surface area contributed by atoms with Crippen LogP contribution in [0.15, 0.2) is 43.8 Å². The molecule has 0 bridgehead atoms. The van der Waals surface area contributed by atoms with E-state index < -0.39 is 11.2 Å². The molecule has 0 fully saturated rings. The maximum Gasteiger partial charge on any atom is 0.330 e. The quantitative estimate of drug-likeness (QED) is 0.299. The minimum absolute atomic E-state index is 0.0496. The lowest BCUT2D eigenvalue weighted by molar-refractivity contribution is 0.557. The first-order valence-electron chi connectivity index (χ1n) is 11.3. The zero-order chi connectivity index (χ0) is 23.5. The number of hydrogen-bond acceptors (Lipinski definition) is 6. The van der Waals surface area contributed by atoms with Crippen molar-refractivity contribution < 1.29 is 0 Å². The van der Waals surface area contributed by atoms with Crippen LogP contribution in [0.3, 0.4) is 0 Å². The largest absolute Gasteiger partial charge is 0.330 e. The molecule has 0 atom stereocenters. The van der Waals surface area contributed by atoms with E-state index in [9.17, 15) is 14.4 Å². The van der Waals surface area contributed by atoms with E-state index in [0.29, 0.717) is 51.9 Å². The summed E-state index contributed by atoms with van der Waals surface area (Å²) < 4.78 is 4.97. The molecule has 1 N–H and O–H groups in total. The SMILES string of the molecule is CCCCn1c(SCc2nc3c(c(=O)[nH]c(=O)n3CCCC)n2C)nc2ccccc2c1=O. The molecule has 0 amide bonds. The third kappa shape index (κ3) is 4.39. The van der Waals surface area contributed by atoms with Crippen molar-refractivity contribution in [1.82, 2.24) is 28.7 Å². The molecule has 0 aliphatic heterocycles. The van der Waals surface area contributed by atoms with Crippen LogP contribution in [0.5, 0.6) is 0 Å². The van der Waals surface area contributed by atoms with E-state index in [0.717, 1.165) is 25.7 Å². The molecule has 0 radical (unpaired) electrons. The van der Waals surface area contributed by atoms with Gasteiger partial charge in [0.05, 0.1) is 16.7 Å². The molecule has 0 aliphatic carbocycles. The summed E-state index contributed by atoms with van der Waals surface area (Å²) in [7, 11) is 1.77. The molecule has 33 heavy (non-hydrogen) atoms. The number of aryl methyl sites for hydroxylation is 2. The minimum atomic E-state index is -0.447. The highest BCUT2D eigenvalue weighted by molar-refractivity contribution is 7.98. The highest BCUT2D eigenvalue weighted by atomic mass is 32.2. The molecule has 4 aromatic rings. The van der Waals surface area contributed by atoms with Crippen molar-refractivity contribution >= 4 is 33.8 Å². The first-order valence-corrected chi connectivity index (χ1v) is 12.3. The highest BCUT2D eigenvalue weighted by Crippen LogP contribution is 2.23. The second-order valence-electron chi connectivity index (χ2n) is 8.03. The van der Waals surface area contributed by atoms with Gasteiger partial charge in [-0.1, -0.05) is 50.6 Å². The number of para-hydroxylation sites is 1. The van der Waals surface area contributed by atoms with Gasteiger partial charge in [-0.25, -0.2) is 14.8 Å². The Bertz CT molecular complexity index is 1480. The Morgan fingerprint density at radius 2 is 1.67 bits per heavy atom. The van der Waals surface area contributed by atoms with Gasteiger partial charge in [0.1, 0.15) is 5.82 Å². The molecular weight excluding hydrogens is 440 g/mol. The van der Waals surface area contributed by atoms with E-state index in [1.54, 1.807) is 22.2 Å². The van der Waals surface area contributed by atoms with Crippen LogP contribution >= 0.6 is 11.8 Å². The van der Waals surface area contributed by atoms with Gasteiger partial charge in [-0.05, 0) is 25.0 Å². The number of hydrogen-bond donors (Lipinski definition) is 1. The first kappa shape index (κ1) is 23.0. The molecule has 10 heteroatoms. The average molecular weight is 469 g/mol. The number of rotatable bonds is 9. The van der Waals surface area contributed by atoms with E-state index >= 15 is 0 Å². The molecular formula is C23H28N6O3S. The van der Waals surface area contributed by atoms with Crippen molar-refractivity contribution in [2.75, 3.05) is 0 Å². The molecule has 0 spiro atoms. The number of aromatic amines is 1. The maximum atomic E-state index is 13.1. The average Bonchev–Trinajstić information content (AvgIpc) is 3.13. The Morgan fingerprint density at radius 1 is 0.970 bits per heavy atom. The van der Waals surface area contributed by atoms with E-state index in [1.165, 1.54) is 16.3 Å². The first-order chi connectivity index (χ1) is 16.0. The van der Waals surface area contributed by atoms with Crippen molar-refractivity contribution in [1.29, 1.82) is 0 Å². The number of nitrogens with zero attached hydrogens (tertiary/aromatic N) is 5. The van der Waals surface area contributed by atoms with Gasteiger partial charge < -0.3 is 4.57 Å². The second kappa shape index (κ2) is 9.78. The summed E-state index contributed by atoms with van der Waals surface area (Å²) in [6.45, 7) is 5.22. The summed E-state index contributed by atoms with van der Waals surface area (Å²) in [6.07, 6.45) is 3.57. The van der Waals surface area contributed by atoms with Gasteiger partial charge >= 0.3 is 5.69 Å². The van der Waals surface area contributed by atoms with Gasteiger partial charge in [0.15, 0.2) is 16.3 Å². The number of fused-ring (bicyclic) bond motifs is 2. The maximum absolute atomic E-state index is 13.1. The smallest absolute Gasteiger partial charge is 0.325 e. The van der Waals surface area contributed by atoms with Gasteiger partial charge in [0, 0.05) is 20.1 Å². The van der Waals surface area contributed by atoms with Crippen LogP contribution in [0.2, 0.25) is 0 Å². The topological polar surface area (TPSA) is 108 Å². The van der Waals surface area contributed by atoms with Gasteiger partial charge in [0.2, 0.25) is 0 Å². The number of unbranched alkanes of at least 4 members (excludes halogenated alkanes) is 2. The molecule has 9 nitrogen and oxygen atoms in total. The number of aromatic nitrogens is 6.